The minimum absolute atomic E-state index is 0.0488. The molecular weight excluding hydrogens is 256 g/mol. The average molecular weight is 274 g/mol. The molecule has 2 rings (SSSR count). The SMILES string of the molecule is CCc1ccccc1OCC(=O)c1cc(C)sc1C. The number of thiophene rings is 1. The molecule has 0 unspecified atom stereocenters. The van der Waals surface area contributed by atoms with Gasteiger partial charge in [0.25, 0.3) is 0 Å². The fraction of sp³-hybridized carbons (Fsp3) is 0.312. The first-order valence-corrected chi connectivity index (χ1v) is 7.24. The molecule has 100 valence electrons. The van der Waals surface area contributed by atoms with Crippen molar-refractivity contribution in [3.63, 3.8) is 0 Å². The highest BCUT2D eigenvalue weighted by Crippen LogP contribution is 2.22. The van der Waals surface area contributed by atoms with E-state index in [1.165, 1.54) is 0 Å². The summed E-state index contributed by atoms with van der Waals surface area (Å²) in [5.74, 6) is 0.857. The van der Waals surface area contributed by atoms with Crippen molar-refractivity contribution in [2.75, 3.05) is 6.61 Å². The summed E-state index contributed by atoms with van der Waals surface area (Å²) < 4.78 is 5.66. The van der Waals surface area contributed by atoms with Gasteiger partial charge in [0, 0.05) is 15.3 Å². The van der Waals surface area contributed by atoms with Gasteiger partial charge in [-0.3, -0.25) is 4.79 Å². The smallest absolute Gasteiger partial charge is 0.201 e. The number of ketones is 1. The third-order valence-corrected chi connectivity index (χ3v) is 4.02. The Bertz CT molecular complexity index is 584. The van der Waals surface area contributed by atoms with E-state index in [0.717, 1.165) is 33.1 Å². The van der Waals surface area contributed by atoms with Crippen molar-refractivity contribution in [2.45, 2.75) is 27.2 Å². The lowest BCUT2D eigenvalue weighted by Gasteiger charge is -2.09. The molecule has 2 nitrogen and oxygen atoms in total. The van der Waals surface area contributed by atoms with Crippen LogP contribution in [0.3, 0.4) is 0 Å². The molecule has 0 saturated carbocycles. The molecule has 0 saturated heterocycles. The summed E-state index contributed by atoms with van der Waals surface area (Å²) in [6, 6.07) is 9.80. The van der Waals surface area contributed by atoms with Crippen LogP contribution in [0.15, 0.2) is 30.3 Å². The molecule has 0 spiro atoms. The predicted octanol–water partition coefficient (Wildman–Crippen LogP) is 4.19. The Morgan fingerprint density at radius 3 is 2.63 bits per heavy atom. The second-order valence-electron chi connectivity index (χ2n) is 4.50. The molecule has 19 heavy (non-hydrogen) atoms. The zero-order valence-corrected chi connectivity index (χ0v) is 12.3. The van der Waals surface area contributed by atoms with Crippen molar-refractivity contribution < 1.29 is 9.53 Å². The van der Waals surface area contributed by atoms with E-state index >= 15 is 0 Å². The molecule has 1 aromatic heterocycles. The molecule has 0 aliphatic heterocycles. The number of ether oxygens (including phenoxy) is 1. The predicted molar refractivity (Wildman–Crippen MR) is 79.4 cm³/mol. The zero-order valence-electron chi connectivity index (χ0n) is 11.5. The first-order chi connectivity index (χ1) is 9.11. The summed E-state index contributed by atoms with van der Waals surface area (Å²) in [5, 5.41) is 0. The van der Waals surface area contributed by atoms with Crippen molar-refractivity contribution in [3.05, 3.63) is 51.2 Å². The van der Waals surface area contributed by atoms with E-state index in [1.54, 1.807) is 11.3 Å². The number of rotatable bonds is 5. The van der Waals surface area contributed by atoms with E-state index in [4.69, 9.17) is 4.74 Å². The zero-order chi connectivity index (χ0) is 13.8. The van der Waals surface area contributed by atoms with Crippen LogP contribution in [-0.4, -0.2) is 12.4 Å². The second-order valence-corrected chi connectivity index (χ2v) is 5.96. The van der Waals surface area contributed by atoms with E-state index in [2.05, 4.69) is 6.92 Å². The summed E-state index contributed by atoms with van der Waals surface area (Å²) in [7, 11) is 0. The van der Waals surface area contributed by atoms with Crippen LogP contribution in [0.2, 0.25) is 0 Å². The fourth-order valence-electron chi connectivity index (χ4n) is 2.07. The number of hydrogen-bond donors (Lipinski definition) is 0. The van der Waals surface area contributed by atoms with Crippen molar-refractivity contribution in [1.82, 2.24) is 0 Å². The van der Waals surface area contributed by atoms with E-state index < -0.39 is 0 Å². The lowest BCUT2D eigenvalue weighted by molar-refractivity contribution is 0.0921. The number of Topliss-reactive ketones (excluding diaryl/α,β-unsaturated/α-hetero) is 1. The highest BCUT2D eigenvalue weighted by atomic mass is 32.1. The number of carbonyl (C=O) groups excluding carboxylic acids is 1. The highest BCUT2D eigenvalue weighted by Gasteiger charge is 2.13. The molecule has 0 radical (unpaired) electrons. The standard InChI is InChI=1S/C16H18O2S/c1-4-13-7-5-6-8-16(13)18-10-15(17)14-9-11(2)19-12(14)3/h5-9H,4,10H2,1-3H3. The quantitative estimate of drug-likeness (QED) is 0.764. The summed E-state index contributed by atoms with van der Waals surface area (Å²) in [5.41, 5.74) is 1.92. The Kier molecular flexibility index (Phi) is 4.38. The third kappa shape index (κ3) is 3.24. The number of benzene rings is 1. The normalized spacial score (nSPS) is 10.5. The lowest BCUT2D eigenvalue weighted by atomic mass is 10.1. The minimum atomic E-state index is 0.0488. The summed E-state index contributed by atoms with van der Waals surface area (Å²) in [6.07, 6.45) is 0.904. The van der Waals surface area contributed by atoms with E-state index in [-0.39, 0.29) is 12.4 Å². The van der Waals surface area contributed by atoms with Gasteiger partial charge in [-0.25, -0.2) is 0 Å². The van der Waals surface area contributed by atoms with E-state index in [1.807, 2.05) is 44.2 Å². The first kappa shape index (κ1) is 13.8. The van der Waals surface area contributed by atoms with Gasteiger partial charge >= 0.3 is 0 Å². The van der Waals surface area contributed by atoms with Crippen LogP contribution in [0.4, 0.5) is 0 Å². The minimum Gasteiger partial charge on any atom is -0.485 e. The largest absolute Gasteiger partial charge is 0.485 e. The first-order valence-electron chi connectivity index (χ1n) is 6.42. The van der Waals surface area contributed by atoms with E-state index in [9.17, 15) is 4.79 Å². The Hall–Kier alpha value is -1.61. The topological polar surface area (TPSA) is 26.3 Å². The van der Waals surface area contributed by atoms with Crippen LogP contribution in [0.1, 0.15) is 32.6 Å². The van der Waals surface area contributed by atoms with Gasteiger partial charge in [0.15, 0.2) is 6.61 Å². The molecule has 0 bridgehead atoms. The van der Waals surface area contributed by atoms with Crippen LogP contribution in [0.25, 0.3) is 0 Å². The maximum atomic E-state index is 12.1. The number of para-hydroxylation sites is 1. The summed E-state index contributed by atoms with van der Waals surface area (Å²) >= 11 is 1.65. The van der Waals surface area contributed by atoms with Gasteiger partial charge < -0.3 is 4.74 Å². The van der Waals surface area contributed by atoms with Crippen LogP contribution in [0.5, 0.6) is 5.75 Å². The Morgan fingerprint density at radius 1 is 1.26 bits per heavy atom. The Morgan fingerprint density at radius 2 is 2.00 bits per heavy atom. The molecule has 0 aliphatic rings. The molecule has 0 fully saturated rings. The number of carbonyl (C=O) groups is 1. The highest BCUT2D eigenvalue weighted by molar-refractivity contribution is 7.12. The van der Waals surface area contributed by atoms with Crippen molar-refractivity contribution >= 4 is 17.1 Å². The number of aryl methyl sites for hydroxylation is 3. The lowest BCUT2D eigenvalue weighted by Crippen LogP contribution is -2.12. The van der Waals surface area contributed by atoms with Crippen LogP contribution >= 0.6 is 11.3 Å². The maximum absolute atomic E-state index is 12.1. The van der Waals surface area contributed by atoms with E-state index in [0.29, 0.717) is 0 Å². The Labute approximate surface area is 118 Å². The molecular formula is C16H18O2S. The molecule has 0 N–H and O–H groups in total. The molecule has 0 atom stereocenters. The van der Waals surface area contributed by atoms with Gasteiger partial charge in [-0.2, -0.15) is 0 Å². The number of hydrogen-bond acceptors (Lipinski definition) is 3. The Balaban J connectivity index is 2.06. The average Bonchev–Trinajstić information content (AvgIpc) is 2.75. The van der Waals surface area contributed by atoms with Crippen molar-refractivity contribution in [2.24, 2.45) is 0 Å². The second kappa shape index (κ2) is 6.02. The van der Waals surface area contributed by atoms with Crippen LogP contribution in [-0.2, 0) is 6.42 Å². The van der Waals surface area contributed by atoms with Gasteiger partial charge in [-0.05, 0) is 38.0 Å². The van der Waals surface area contributed by atoms with Gasteiger partial charge in [-0.15, -0.1) is 11.3 Å². The van der Waals surface area contributed by atoms with Gasteiger partial charge in [0.1, 0.15) is 5.75 Å². The molecule has 3 heteroatoms. The molecule has 0 amide bonds. The fourth-order valence-corrected chi connectivity index (χ4v) is 3.01. The van der Waals surface area contributed by atoms with Crippen LogP contribution < -0.4 is 4.74 Å². The van der Waals surface area contributed by atoms with Crippen LogP contribution in [0, 0.1) is 13.8 Å². The third-order valence-electron chi connectivity index (χ3n) is 3.05. The van der Waals surface area contributed by atoms with Crippen molar-refractivity contribution in [1.29, 1.82) is 0 Å². The van der Waals surface area contributed by atoms with Gasteiger partial charge in [-0.1, -0.05) is 25.1 Å². The molecule has 2 aromatic rings. The molecule has 0 aliphatic carbocycles. The summed E-state index contributed by atoms with van der Waals surface area (Å²) in [6.45, 7) is 6.18. The molecule has 1 heterocycles. The summed E-state index contributed by atoms with van der Waals surface area (Å²) in [4.78, 5) is 14.4. The van der Waals surface area contributed by atoms with Gasteiger partial charge in [0.2, 0.25) is 5.78 Å². The molecule has 1 aromatic carbocycles. The van der Waals surface area contributed by atoms with Crippen molar-refractivity contribution in [3.8, 4) is 5.75 Å². The van der Waals surface area contributed by atoms with Gasteiger partial charge in [0.05, 0.1) is 0 Å². The monoisotopic (exact) mass is 274 g/mol. The maximum Gasteiger partial charge on any atom is 0.201 e.